The molecule has 0 aromatic rings. The number of hydrogen-bond acceptors (Lipinski definition) is 2. The van der Waals surface area contributed by atoms with Gasteiger partial charge in [0.15, 0.2) is 8.32 Å². The maximum absolute atomic E-state index is 9.56. The highest BCUT2D eigenvalue weighted by atomic mass is 28.4. The van der Waals surface area contributed by atoms with Gasteiger partial charge in [-0.25, -0.2) is 0 Å². The van der Waals surface area contributed by atoms with E-state index in [4.69, 9.17) is 4.43 Å². The molecule has 0 aliphatic heterocycles. The van der Waals surface area contributed by atoms with Crippen LogP contribution in [0.5, 0.6) is 0 Å². The summed E-state index contributed by atoms with van der Waals surface area (Å²) in [6.07, 6.45) is 10.9. The minimum atomic E-state index is -1.69. The third-order valence-electron chi connectivity index (χ3n) is 8.56. The van der Waals surface area contributed by atoms with Gasteiger partial charge in [-0.3, -0.25) is 0 Å². The van der Waals surface area contributed by atoms with Gasteiger partial charge in [0.05, 0.1) is 0 Å². The third-order valence-corrected chi connectivity index (χ3v) is 13.1. The Morgan fingerprint density at radius 1 is 1.08 bits per heavy atom. The van der Waals surface area contributed by atoms with E-state index in [9.17, 15) is 5.11 Å². The van der Waals surface area contributed by atoms with Gasteiger partial charge < -0.3 is 9.53 Å². The molecule has 0 amide bonds. The van der Waals surface area contributed by atoms with Crippen molar-refractivity contribution in [1.82, 2.24) is 0 Å². The molecule has 0 aromatic carbocycles. The fourth-order valence-corrected chi connectivity index (χ4v) is 7.37. The summed E-state index contributed by atoms with van der Waals surface area (Å²) in [5.41, 5.74) is 0.939. The number of fused-ring (bicyclic) bond motifs is 1. The van der Waals surface area contributed by atoms with Crippen molar-refractivity contribution in [1.29, 1.82) is 0 Å². The fraction of sp³-hybridized carbons (Fsp3) is 1.00. The highest BCUT2D eigenvalue weighted by Crippen LogP contribution is 2.69. The SMILES string of the molecule is CC(C)(C)[Si](C)(C)OC1CCC[C@@]2(C)C1CCC2C1(CCO)CC1. The van der Waals surface area contributed by atoms with Crippen molar-refractivity contribution in [2.24, 2.45) is 22.7 Å². The molecule has 0 radical (unpaired) electrons. The van der Waals surface area contributed by atoms with Gasteiger partial charge in [0.1, 0.15) is 0 Å². The molecule has 3 aliphatic carbocycles. The Hall–Kier alpha value is 0.137. The average Bonchev–Trinajstić information content (AvgIpc) is 3.12. The minimum absolute atomic E-state index is 0.299. The second kappa shape index (κ2) is 6.09. The Morgan fingerprint density at radius 2 is 1.75 bits per heavy atom. The molecule has 24 heavy (non-hydrogen) atoms. The Labute approximate surface area is 150 Å². The van der Waals surface area contributed by atoms with Crippen LogP contribution in [0, 0.1) is 22.7 Å². The summed E-state index contributed by atoms with van der Waals surface area (Å²) in [5.74, 6) is 1.58. The Balaban J connectivity index is 1.78. The first-order valence-corrected chi connectivity index (χ1v) is 13.3. The molecule has 0 spiro atoms. The summed E-state index contributed by atoms with van der Waals surface area (Å²) in [5, 5.41) is 9.86. The molecule has 0 aromatic heterocycles. The van der Waals surface area contributed by atoms with Crippen molar-refractivity contribution in [2.45, 2.75) is 103 Å². The largest absolute Gasteiger partial charge is 0.414 e. The normalized spacial score (nSPS) is 38.9. The van der Waals surface area contributed by atoms with Gasteiger partial charge in [-0.2, -0.15) is 0 Å². The van der Waals surface area contributed by atoms with Crippen LogP contribution < -0.4 is 0 Å². The lowest BCUT2D eigenvalue weighted by molar-refractivity contribution is -0.0288. The molecule has 0 heterocycles. The van der Waals surface area contributed by atoms with Crippen molar-refractivity contribution in [3.05, 3.63) is 0 Å². The van der Waals surface area contributed by atoms with E-state index in [1.807, 2.05) is 0 Å². The van der Waals surface area contributed by atoms with Crippen molar-refractivity contribution in [2.75, 3.05) is 6.61 Å². The summed E-state index contributed by atoms with van der Waals surface area (Å²) in [6, 6.07) is 0. The van der Waals surface area contributed by atoms with Gasteiger partial charge in [-0.1, -0.05) is 34.1 Å². The van der Waals surface area contributed by atoms with Gasteiger partial charge in [0.25, 0.3) is 0 Å². The number of aliphatic hydroxyl groups is 1. The van der Waals surface area contributed by atoms with Crippen molar-refractivity contribution in [3.8, 4) is 0 Å². The highest BCUT2D eigenvalue weighted by Gasteiger charge is 2.62. The number of rotatable bonds is 5. The standard InChI is InChI=1S/C21H40O2Si/c1-19(2,3)24(5,6)23-17-8-7-11-20(4)16(17)9-10-18(20)21(12-13-21)14-15-22/h16-18,22H,7-15H2,1-6H3/t16?,17?,18?,20-/m0/s1. The summed E-state index contributed by atoms with van der Waals surface area (Å²) in [7, 11) is -1.69. The van der Waals surface area contributed by atoms with Crippen LogP contribution >= 0.6 is 0 Å². The second-order valence-corrected chi connectivity index (χ2v) is 15.6. The molecule has 3 rings (SSSR count). The van der Waals surface area contributed by atoms with Crippen LogP contribution in [0.25, 0.3) is 0 Å². The lowest BCUT2D eigenvalue weighted by atomic mass is 9.60. The van der Waals surface area contributed by atoms with Gasteiger partial charge in [-0.15, -0.1) is 0 Å². The van der Waals surface area contributed by atoms with E-state index in [0.717, 1.165) is 18.3 Å². The molecule has 3 saturated carbocycles. The van der Waals surface area contributed by atoms with E-state index in [1.54, 1.807) is 0 Å². The van der Waals surface area contributed by atoms with Crippen LogP contribution in [0.2, 0.25) is 18.1 Å². The molecular weight excluding hydrogens is 312 g/mol. The van der Waals surface area contributed by atoms with Crippen LogP contribution in [-0.4, -0.2) is 26.1 Å². The van der Waals surface area contributed by atoms with Crippen LogP contribution in [0.15, 0.2) is 0 Å². The average molecular weight is 353 g/mol. The molecule has 2 nitrogen and oxygen atoms in total. The Kier molecular flexibility index (Phi) is 4.80. The molecule has 3 fully saturated rings. The van der Waals surface area contributed by atoms with E-state index < -0.39 is 8.32 Å². The highest BCUT2D eigenvalue weighted by molar-refractivity contribution is 6.74. The van der Waals surface area contributed by atoms with E-state index in [2.05, 4.69) is 40.8 Å². The first-order valence-electron chi connectivity index (χ1n) is 10.3. The first kappa shape index (κ1) is 18.9. The summed E-state index contributed by atoms with van der Waals surface area (Å²) < 4.78 is 6.95. The van der Waals surface area contributed by atoms with Crippen LogP contribution in [0.1, 0.15) is 79.1 Å². The molecule has 1 N–H and O–H groups in total. The number of hydrogen-bond donors (Lipinski definition) is 1. The van der Waals surface area contributed by atoms with Gasteiger partial charge in [0, 0.05) is 12.7 Å². The van der Waals surface area contributed by atoms with E-state index >= 15 is 0 Å². The van der Waals surface area contributed by atoms with E-state index in [1.165, 1.54) is 44.9 Å². The minimum Gasteiger partial charge on any atom is -0.414 e. The molecule has 0 bridgehead atoms. The monoisotopic (exact) mass is 352 g/mol. The van der Waals surface area contributed by atoms with Crippen molar-refractivity contribution >= 4 is 8.32 Å². The summed E-state index contributed by atoms with van der Waals surface area (Å²) in [6.45, 7) is 14.9. The number of aliphatic hydroxyl groups excluding tert-OH is 1. The lowest BCUT2D eigenvalue weighted by Gasteiger charge is -2.50. The zero-order valence-electron chi connectivity index (χ0n) is 17.0. The fourth-order valence-electron chi connectivity index (χ4n) is 5.98. The molecule has 4 atom stereocenters. The maximum atomic E-state index is 9.56. The maximum Gasteiger partial charge on any atom is 0.192 e. The molecule has 140 valence electrons. The summed E-state index contributed by atoms with van der Waals surface area (Å²) in [4.78, 5) is 0. The van der Waals surface area contributed by atoms with Crippen molar-refractivity contribution < 1.29 is 9.53 Å². The van der Waals surface area contributed by atoms with Gasteiger partial charge in [-0.05, 0) is 85.7 Å². The molecule has 3 heteroatoms. The van der Waals surface area contributed by atoms with Crippen LogP contribution in [-0.2, 0) is 4.43 Å². The zero-order chi connectivity index (χ0) is 17.8. The van der Waals surface area contributed by atoms with E-state index in [-0.39, 0.29) is 0 Å². The predicted octanol–water partition coefficient (Wildman–Crippen LogP) is 5.76. The Morgan fingerprint density at radius 3 is 2.29 bits per heavy atom. The van der Waals surface area contributed by atoms with Crippen molar-refractivity contribution in [3.63, 3.8) is 0 Å². The smallest absolute Gasteiger partial charge is 0.192 e. The topological polar surface area (TPSA) is 29.5 Å². The molecular formula is C21H40O2Si. The summed E-state index contributed by atoms with van der Waals surface area (Å²) >= 11 is 0. The zero-order valence-corrected chi connectivity index (χ0v) is 18.0. The second-order valence-electron chi connectivity index (χ2n) is 10.9. The molecule has 3 unspecified atom stereocenters. The van der Waals surface area contributed by atoms with Crippen LogP contribution in [0.3, 0.4) is 0 Å². The predicted molar refractivity (Wildman–Crippen MR) is 104 cm³/mol. The van der Waals surface area contributed by atoms with Crippen LogP contribution in [0.4, 0.5) is 0 Å². The molecule has 3 aliphatic rings. The lowest BCUT2D eigenvalue weighted by Crippen LogP contribution is -2.50. The third kappa shape index (κ3) is 3.03. The van der Waals surface area contributed by atoms with E-state index in [0.29, 0.717) is 28.6 Å². The quantitative estimate of drug-likeness (QED) is 0.638. The van der Waals surface area contributed by atoms with Gasteiger partial charge >= 0.3 is 0 Å². The first-order chi connectivity index (χ1) is 11.1. The Bertz CT molecular complexity index is 463. The van der Waals surface area contributed by atoms with Gasteiger partial charge in [0.2, 0.25) is 0 Å². The molecule has 0 saturated heterocycles.